The van der Waals surface area contributed by atoms with Crippen LogP contribution in [0.1, 0.15) is 61.2 Å². The molecule has 0 fully saturated rings. The van der Waals surface area contributed by atoms with Gasteiger partial charge in [0.05, 0.1) is 17.1 Å². The zero-order valence-corrected chi connectivity index (χ0v) is 35.3. The van der Waals surface area contributed by atoms with E-state index in [1.165, 1.54) is 149 Å². The lowest BCUT2D eigenvalue weighted by molar-refractivity contribution is 1.17. The van der Waals surface area contributed by atoms with Crippen LogP contribution in [0.5, 0.6) is 0 Å². The first kappa shape index (κ1) is 35.6. The second-order valence-corrected chi connectivity index (χ2v) is 17.6. The van der Waals surface area contributed by atoms with E-state index < -0.39 is 0 Å². The Hall–Kier alpha value is -5.86. The van der Waals surface area contributed by atoms with Crippen molar-refractivity contribution in [2.75, 3.05) is 4.90 Å². The predicted octanol–water partition coefficient (Wildman–Crippen LogP) is 13.1. The van der Waals surface area contributed by atoms with Crippen molar-refractivity contribution in [2.45, 2.75) is 76.2 Å². The number of benzene rings is 9. The van der Waals surface area contributed by atoms with Crippen molar-refractivity contribution in [1.29, 1.82) is 0 Å². The van der Waals surface area contributed by atoms with Crippen molar-refractivity contribution in [2.24, 2.45) is 0 Å². The molecule has 0 unspecified atom stereocenters. The summed E-state index contributed by atoms with van der Waals surface area (Å²) < 4.78 is 0. The monoisotopic (exact) mass is 735 g/mol. The molecule has 0 bridgehead atoms. The maximum atomic E-state index is 2.62. The first-order chi connectivity index (χ1) is 27.3. The highest BCUT2D eigenvalue weighted by atomic mass is 15.2. The van der Waals surface area contributed by atoms with Crippen molar-refractivity contribution >= 4 is 83.3 Å². The summed E-state index contributed by atoms with van der Waals surface area (Å²) in [6.45, 7) is 25.2. The Bertz CT molecular complexity index is 3070. The fraction of sp³-hybridized carbons (Fsp3) is 0.200. The lowest BCUT2D eigenvalue weighted by Crippen LogP contribution is -2.57. The third-order valence-electron chi connectivity index (χ3n) is 13.2. The molecule has 0 amide bonds. The molecule has 10 rings (SSSR count). The molecular weight excluding hydrogens is 685 g/mol. The Morgan fingerprint density at radius 3 is 1.44 bits per heavy atom. The quantitative estimate of drug-likeness (QED) is 0.0988. The van der Waals surface area contributed by atoms with Crippen molar-refractivity contribution in [3.8, 4) is 11.1 Å². The van der Waals surface area contributed by atoms with Gasteiger partial charge in [-0.1, -0.05) is 146 Å². The summed E-state index contributed by atoms with van der Waals surface area (Å²) in [6, 6.07) is 40.5. The normalized spacial score (nSPS) is 12.4. The van der Waals surface area contributed by atoms with Gasteiger partial charge < -0.3 is 4.90 Å². The molecule has 57 heavy (non-hydrogen) atoms. The van der Waals surface area contributed by atoms with Crippen LogP contribution >= 0.6 is 0 Å². The molecule has 1 aliphatic heterocycles. The van der Waals surface area contributed by atoms with Crippen LogP contribution in [-0.2, 0) is 0 Å². The van der Waals surface area contributed by atoms with Gasteiger partial charge in [-0.2, -0.15) is 0 Å². The molecule has 1 heterocycles. The molecule has 0 N–H and O–H groups in total. The van der Waals surface area contributed by atoms with Crippen LogP contribution in [0.15, 0.2) is 103 Å². The van der Waals surface area contributed by atoms with E-state index >= 15 is 0 Å². The number of anilines is 3. The van der Waals surface area contributed by atoms with E-state index in [1.54, 1.807) is 0 Å². The summed E-state index contributed by atoms with van der Waals surface area (Å²) in [7, 11) is 0. The summed E-state index contributed by atoms with van der Waals surface area (Å²) in [6.07, 6.45) is 0. The van der Waals surface area contributed by atoms with E-state index in [0.29, 0.717) is 0 Å². The first-order valence-corrected chi connectivity index (χ1v) is 20.6. The van der Waals surface area contributed by atoms with Gasteiger partial charge in [0.1, 0.15) is 0 Å². The topological polar surface area (TPSA) is 3.24 Å². The Morgan fingerprint density at radius 1 is 0.368 bits per heavy atom. The highest BCUT2D eigenvalue weighted by Gasteiger charge is 2.37. The molecule has 1 aliphatic rings. The van der Waals surface area contributed by atoms with Gasteiger partial charge in [0, 0.05) is 10.8 Å². The Balaban J connectivity index is 1.42. The summed E-state index contributed by atoms with van der Waals surface area (Å²) >= 11 is 0. The van der Waals surface area contributed by atoms with Crippen LogP contribution in [0.25, 0.3) is 54.2 Å². The molecule has 0 atom stereocenters. The molecular formula is C55H50BN. The summed E-state index contributed by atoms with van der Waals surface area (Å²) in [5, 5.41) is 10.7. The zero-order chi connectivity index (χ0) is 39.8. The van der Waals surface area contributed by atoms with Crippen LogP contribution in [0.4, 0.5) is 17.1 Å². The minimum Gasteiger partial charge on any atom is -0.309 e. The van der Waals surface area contributed by atoms with Crippen LogP contribution in [-0.4, -0.2) is 6.71 Å². The van der Waals surface area contributed by atoms with Gasteiger partial charge in [0.15, 0.2) is 0 Å². The average molecular weight is 736 g/mol. The number of rotatable bonds is 4. The highest BCUT2D eigenvalue weighted by molar-refractivity contribution is 6.99. The highest BCUT2D eigenvalue weighted by Crippen LogP contribution is 2.52. The van der Waals surface area contributed by atoms with Crippen molar-refractivity contribution < 1.29 is 0 Å². The molecule has 0 saturated heterocycles. The van der Waals surface area contributed by atoms with E-state index in [9.17, 15) is 0 Å². The summed E-state index contributed by atoms with van der Waals surface area (Å²) in [5.41, 5.74) is 25.3. The van der Waals surface area contributed by atoms with E-state index in [0.717, 1.165) is 0 Å². The van der Waals surface area contributed by atoms with Crippen molar-refractivity contribution in [3.63, 3.8) is 0 Å². The second kappa shape index (κ2) is 12.6. The molecule has 0 radical (unpaired) electrons. The van der Waals surface area contributed by atoms with Gasteiger partial charge in [0.25, 0.3) is 0 Å². The van der Waals surface area contributed by atoms with E-state index in [2.05, 4.69) is 184 Å². The predicted molar refractivity (Wildman–Crippen MR) is 251 cm³/mol. The minimum atomic E-state index is 0.135. The minimum absolute atomic E-state index is 0.135. The van der Waals surface area contributed by atoms with Gasteiger partial charge in [-0.15, -0.1) is 0 Å². The number of fused-ring (bicyclic) bond motifs is 5. The largest absolute Gasteiger partial charge is 0.309 e. The molecule has 0 spiro atoms. The molecule has 0 aromatic heterocycles. The van der Waals surface area contributed by atoms with Crippen molar-refractivity contribution in [1.82, 2.24) is 0 Å². The van der Waals surface area contributed by atoms with E-state index in [-0.39, 0.29) is 6.71 Å². The fourth-order valence-electron chi connectivity index (χ4n) is 11.6. The SMILES string of the molecule is Cc1cc(C)c(B2c3c(C)cc(C)cc3-c3cc4ccc(N(c5c(C)cc(C)cc5C)c5c(C)cc(C)cc5C)c5c6ccccc6c6ccc2c3c6c45)c(C)c1. The third-order valence-corrected chi connectivity index (χ3v) is 13.2. The molecule has 9 aromatic carbocycles. The van der Waals surface area contributed by atoms with Crippen LogP contribution in [0.3, 0.4) is 0 Å². The molecule has 1 nitrogen and oxygen atoms in total. The maximum absolute atomic E-state index is 2.62. The van der Waals surface area contributed by atoms with Crippen LogP contribution < -0.4 is 21.3 Å². The van der Waals surface area contributed by atoms with E-state index in [4.69, 9.17) is 0 Å². The van der Waals surface area contributed by atoms with Gasteiger partial charge in [-0.25, -0.2) is 0 Å². The Morgan fingerprint density at radius 2 is 0.860 bits per heavy atom. The number of hydrogen-bond acceptors (Lipinski definition) is 1. The third kappa shape index (κ3) is 5.09. The van der Waals surface area contributed by atoms with Gasteiger partial charge in [-0.3, -0.25) is 0 Å². The number of aryl methyl sites for hydroxylation is 11. The van der Waals surface area contributed by atoms with Gasteiger partial charge >= 0.3 is 0 Å². The molecule has 0 saturated carbocycles. The lowest BCUT2D eigenvalue weighted by atomic mass is 9.32. The average Bonchev–Trinajstić information content (AvgIpc) is 3.13. The lowest BCUT2D eigenvalue weighted by Gasteiger charge is -2.35. The molecule has 278 valence electrons. The fourth-order valence-corrected chi connectivity index (χ4v) is 11.6. The Kier molecular flexibility index (Phi) is 7.84. The maximum Gasteiger partial charge on any atom is 0.243 e. The van der Waals surface area contributed by atoms with E-state index in [1.807, 2.05) is 0 Å². The molecule has 0 aliphatic carbocycles. The smallest absolute Gasteiger partial charge is 0.243 e. The van der Waals surface area contributed by atoms with Gasteiger partial charge in [-0.05, 0) is 154 Å². The Labute approximate surface area is 338 Å². The summed E-state index contributed by atoms with van der Waals surface area (Å²) in [4.78, 5) is 2.62. The number of hydrogen-bond donors (Lipinski definition) is 0. The summed E-state index contributed by atoms with van der Waals surface area (Å²) in [5.74, 6) is 0. The second-order valence-electron chi connectivity index (χ2n) is 17.6. The standard InChI is InChI=1S/C55H50BN/c1-29-20-33(5)52(34(6)21-29)56-46-18-17-43-41-14-12-13-15-42(41)50-47(57(54-36(8)23-30(2)24-37(54)9)55-38(10)25-31(3)26-39(55)11)19-16-40-28-44(49(46)51(43)48(40)50)45-27-32(4)22-35(7)53(45)56/h12-28H,1-11H3. The zero-order valence-electron chi connectivity index (χ0n) is 35.3. The van der Waals surface area contributed by atoms with Crippen LogP contribution in [0, 0.1) is 76.2 Å². The molecule has 9 aromatic rings. The van der Waals surface area contributed by atoms with Gasteiger partial charge in [0.2, 0.25) is 6.71 Å². The van der Waals surface area contributed by atoms with Crippen molar-refractivity contribution in [3.05, 3.63) is 164 Å². The number of nitrogens with zero attached hydrogens (tertiary/aromatic N) is 1. The first-order valence-electron chi connectivity index (χ1n) is 20.6. The van der Waals surface area contributed by atoms with Crippen LogP contribution in [0.2, 0.25) is 0 Å². The molecule has 2 heteroatoms.